The third-order valence-electron chi connectivity index (χ3n) is 3.73. The number of hydrogen-bond donors (Lipinski definition) is 3. The Bertz CT molecular complexity index is 898. The summed E-state index contributed by atoms with van der Waals surface area (Å²) in [5.74, 6) is -0.921. The first kappa shape index (κ1) is 19.9. The molecule has 0 aliphatic heterocycles. The molecule has 26 heavy (non-hydrogen) atoms. The second kappa shape index (κ2) is 8.29. The average Bonchev–Trinajstić information content (AvgIpc) is 2.54. The van der Waals surface area contributed by atoms with Crippen molar-refractivity contribution in [1.29, 1.82) is 0 Å². The van der Waals surface area contributed by atoms with E-state index in [2.05, 4.69) is 10.0 Å². The van der Waals surface area contributed by atoms with E-state index in [9.17, 15) is 17.6 Å². The molecule has 0 heterocycles. The van der Waals surface area contributed by atoms with Gasteiger partial charge < -0.3 is 11.1 Å². The summed E-state index contributed by atoms with van der Waals surface area (Å²) in [5.41, 5.74) is 6.27. The van der Waals surface area contributed by atoms with Gasteiger partial charge in [0, 0.05) is 12.6 Å². The molecule has 140 valence electrons. The van der Waals surface area contributed by atoms with E-state index in [0.717, 1.165) is 12.1 Å². The number of benzene rings is 2. The van der Waals surface area contributed by atoms with Crippen LogP contribution in [0.3, 0.4) is 0 Å². The van der Waals surface area contributed by atoms with Crippen LogP contribution < -0.4 is 15.8 Å². The molecule has 0 saturated carbocycles. The third kappa shape index (κ3) is 5.03. The number of sulfonamides is 1. The molecule has 0 fully saturated rings. The van der Waals surface area contributed by atoms with E-state index >= 15 is 0 Å². The van der Waals surface area contributed by atoms with Crippen LogP contribution in [0, 0.1) is 12.7 Å². The maximum atomic E-state index is 13.2. The first-order valence-electron chi connectivity index (χ1n) is 8.12. The zero-order valence-corrected chi connectivity index (χ0v) is 15.4. The highest BCUT2D eigenvalue weighted by molar-refractivity contribution is 7.92. The molecule has 0 aliphatic rings. The van der Waals surface area contributed by atoms with Crippen LogP contribution in [-0.2, 0) is 10.0 Å². The lowest BCUT2D eigenvalue weighted by molar-refractivity contribution is 0.0953. The molecule has 0 bridgehead atoms. The van der Waals surface area contributed by atoms with E-state index in [-0.39, 0.29) is 27.8 Å². The lowest BCUT2D eigenvalue weighted by Crippen LogP contribution is -2.29. The van der Waals surface area contributed by atoms with Crippen LogP contribution >= 0.6 is 0 Å². The standard InChI is InChI=1S/C18H22FN3O3S/c1-12-11-14(19)7-8-17(12)26(24,25)22-16-6-4-3-5-15(16)18(23)21-10-9-13(2)20/h3-8,11,13,22H,9-10,20H2,1-2H3,(H,21,23). The molecule has 2 aromatic carbocycles. The Balaban J connectivity index is 2.25. The number of rotatable bonds is 7. The number of carbonyl (C=O) groups excluding carboxylic acids is 1. The number of aryl methyl sites for hydroxylation is 1. The monoisotopic (exact) mass is 379 g/mol. The van der Waals surface area contributed by atoms with Gasteiger partial charge in [-0.2, -0.15) is 0 Å². The summed E-state index contributed by atoms with van der Waals surface area (Å²) in [6.07, 6.45) is 0.606. The fraction of sp³-hybridized carbons (Fsp3) is 0.278. The zero-order valence-electron chi connectivity index (χ0n) is 14.6. The molecule has 4 N–H and O–H groups in total. The minimum atomic E-state index is -3.97. The van der Waals surface area contributed by atoms with E-state index in [1.54, 1.807) is 12.1 Å². The molecule has 8 heteroatoms. The molecule has 2 rings (SSSR count). The molecule has 0 spiro atoms. The average molecular weight is 379 g/mol. The number of halogens is 1. The minimum Gasteiger partial charge on any atom is -0.352 e. The van der Waals surface area contributed by atoms with Gasteiger partial charge in [-0.3, -0.25) is 9.52 Å². The first-order chi connectivity index (χ1) is 12.2. The van der Waals surface area contributed by atoms with Crippen LogP contribution in [-0.4, -0.2) is 26.9 Å². The minimum absolute atomic E-state index is 0.0499. The molecule has 2 aromatic rings. The van der Waals surface area contributed by atoms with Gasteiger partial charge in [0.1, 0.15) is 5.82 Å². The highest BCUT2D eigenvalue weighted by Crippen LogP contribution is 2.22. The summed E-state index contributed by atoms with van der Waals surface area (Å²) in [5, 5.41) is 2.71. The van der Waals surface area contributed by atoms with Gasteiger partial charge in [0.15, 0.2) is 0 Å². The second-order valence-electron chi connectivity index (χ2n) is 6.08. The number of nitrogens with one attached hydrogen (secondary N) is 2. The van der Waals surface area contributed by atoms with Gasteiger partial charge >= 0.3 is 0 Å². The molecule has 0 aliphatic carbocycles. The highest BCUT2D eigenvalue weighted by atomic mass is 32.2. The van der Waals surface area contributed by atoms with Gasteiger partial charge in [-0.25, -0.2) is 12.8 Å². The van der Waals surface area contributed by atoms with Crippen LogP contribution in [0.1, 0.15) is 29.3 Å². The van der Waals surface area contributed by atoms with Crippen LogP contribution in [0.2, 0.25) is 0 Å². The molecule has 6 nitrogen and oxygen atoms in total. The molecule has 1 atom stereocenters. The SMILES string of the molecule is Cc1cc(F)ccc1S(=O)(=O)Nc1ccccc1C(=O)NCCC(C)N. The lowest BCUT2D eigenvalue weighted by atomic mass is 10.1. The summed E-state index contributed by atoms with van der Waals surface area (Å²) in [6.45, 7) is 3.72. The van der Waals surface area contributed by atoms with Crippen LogP contribution in [0.25, 0.3) is 0 Å². The zero-order chi connectivity index (χ0) is 19.3. The lowest BCUT2D eigenvalue weighted by Gasteiger charge is -2.14. The second-order valence-corrected chi connectivity index (χ2v) is 7.73. The molecule has 1 amide bonds. The van der Waals surface area contributed by atoms with Gasteiger partial charge in [-0.05, 0) is 56.2 Å². The normalized spacial score (nSPS) is 12.5. The molecule has 0 radical (unpaired) electrons. The summed E-state index contributed by atoms with van der Waals surface area (Å²) >= 11 is 0. The van der Waals surface area contributed by atoms with Crippen molar-refractivity contribution in [3.63, 3.8) is 0 Å². The number of para-hydroxylation sites is 1. The Hall–Kier alpha value is -2.45. The van der Waals surface area contributed by atoms with Gasteiger partial charge in [0.05, 0.1) is 16.1 Å². The maximum Gasteiger partial charge on any atom is 0.262 e. The van der Waals surface area contributed by atoms with E-state index < -0.39 is 21.7 Å². The fourth-order valence-corrected chi connectivity index (χ4v) is 3.70. The number of carbonyl (C=O) groups is 1. The predicted molar refractivity (Wildman–Crippen MR) is 99.0 cm³/mol. The Kier molecular flexibility index (Phi) is 6.33. The molecular weight excluding hydrogens is 357 g/mol. The molecular formula is C18H22FN3O3S. The van der Waals surface area contributed by atoms with Crippen molar-refractivity contribution in [2.45, 2.75) is 31.2 Å². The van der Waals surface area contributed by atoms with Crippen LogP contribution in [0.5, 0.6) is 0 Å². The Morgan fingerprint density at radius 2 is 1.92 bits per heavy atom. The van der Waals surface area contributed by atoms with Crippen LogP contribution in [0.15, 0.2) is 47.4 Å². The topological polar surface area (TPSA) is 101 Å². The van der Waals surface area contributed by atoms with Gasteiger partial charge in [0.2, 0.25) is 0 Å². The van der Waals surface area contributed by atoms with Crippen molar-refractivity contribution in [1.82, 2.24) is 5.32 Å². The number of hydrogen-bond acceptors (Lipinski definition) is 4. The van der Waals surface area contributed by atoms with Crippen molar-refractivity contribution in [3.8, 4) is 0 Å². The van der Waals surface area contributed by atoms with Gasteiger partial charge in [0.25, 0.3) is 15.9 Å². The summed E-state index contributed by atoms with van der Waals surface area (Å²) in [4.78, 5) is 12.3. The quantitative estimate of drug-likeness (QED) is 0.687. The fourth-order valence-electron chi connectivity index (χ4n) is 2.39. The number of amides is 1. The molecule has 0 saturated heterocycles. The largest absolute Gasteiger partial charge is 0.352 e. The number of anilines is 1. The van der Waals surface area contributed by atoms with E-state index in [4.69, 9.17) is 5.73 Å². The maximum absolute atomic E-state index is 13.2. The predicted octanol–water partition coefficient (Wildman–Crippen LogP) is 2.40. The van der Waals surface area contributed by atoms with Crippen molar-refractivity contribution >= 4 is 21.6 Å². The summed E-state index contributed by atoms with van der Waals surface area (Å²) in [7, 11) is -3.97. The van der Waals surface area contributed by atoms with Crippen molar-refractivity contribution in [3.05, 3.63) is 59.4 Å². The van der Waals surface area contributed by atoms with Crippen molar-refractivity contribution < 1.29 is 17.6 Å². The van der Waals surface area contributed by atoms with E-state index in [0.29, 0.717) is 13.0 Å². The van der Waals surface area contributed by atoms with Gasteiger partial charge in [-0.1, -0.05) is 12.1 Å². The third-order valence-corrected chi connectivity index (χ3v) is 5.25. The van der Waals surface area contributed by atoms with Gasteiger partial charge in [-0.15, -0.1) is 0 Å². The van der Waals surface area contributed by atoms with E-state index in [1.807, 2.05) is 6.92 Å². The first-order valence-corrected chi connectivity index (χ1v) is 9.61. The number of nitrogens with two attached hydrogens (primary N) is 1. The summed E-state index contributed by atoms with van der Waals surface area (Å²) in [6, 6.07) is 9.64. The van der Waals surface area contributed by atoms with Crippen molar-refractivity contribution in [2.24, 2.45) is 5.73 Å². The Morgan fingerprint density at radius 3 is 2.58 bits per heavy atom. The highest BCUT2D eigenvalue weighted by Gasteiger charge is 2.20. The van der Waals surface area contributed by atoms with E-state index in [1.165, 1.54) is 25.1 Å². The van der Waals surface area contributed by atoms with Crippen molar-refractivity contribution in [2.75, 3.05) is 11.3 Å². The Labute approximate surface area is 152 Å². The Morgan fingerprint density at radius 1 is 1.23 bits per heavy atom. The summed E-state index contributed by atoms with van der Waals surface area (Å²) < 4.78 is 40.9. The smallest absolute Gasteiger partial charge is 0.262 e. The molecule has 1 unspecified atom stereocenters. The van der Waals surface area contributed by atoms with Crippen LogP contribution in [0.4, 0.5) is 10.1 Å². The molecule has 0 aromatic heterocycles.